The molecule has 5 nitrogen and oxygen atoms in total. The monoisotopic (exact) mass is 361 g/mol. The summed E-state index contributed by atoms with van der Waals surface area (Å²) in [5.74, 6) is 0.881. The van der Waals surface area contributed by atoms with Gasteiger partial charge in [-0.2, -0.15) is 0 Å². The summed E-state index contributed by atoms with van der Waals surface area (Å²) in [4.78, 5) is 12.3. The zero-order chi connectivity index (χ0) is 19.1. The molecule has 0 aromatic heterocycles. The van der Waals surface area contributed by atoms with E-state index in [1.54, 1.807) is 32.4 Å². The van der Waals surface area contributed by atoms with Crippen molar-refractivity contribution in [3.8, 4) is 17.2 Å². The Morgan fingerprint density at radius 2 is 1.69 bits per heavy atom. The minimum absolute atomic E-state index is 0.108. The molecule has 1 N–H and O–H groups in total. The van der Waals surface area contributed by atoms with Crippen LogP contribution in [0.15, 0.2) is 36.4 Å². The minimum atomic E-state index is -0.299. The minimum Gasteiger partial charge on any atom is -0.493 e. The molecule has 140 valence electrons. The van der Waals surface area contributed by atoms with Gasteiger partial charge in [-0.15, -0.1) is 0 Å². The van der Waals surface area contributed by atoms with Crippen molar-refractivity contribution in [3.05, 3.63) is 53.3 Å². The van der Waals surface area contributed by atoms with Gasteiger partial charge in [-0.05, 0) is 41.8 Å². The summed E-state index contributed by atoms with van der Waals surface area (Å²) in [6.07, 6.45) is 0.471. The van der Waals surface area contributed by atoms with Crippen LogP contribution in [0.4, 0.5) is 4.39 Å². The van der Waals surface area contributed by atoms with E-state index >= 15 is 0 Å². The molecule has 0 saturated heterocycles. The highest BCUT2D eigenvalue weighted by Gasteiger charge is 2.16. The Morgan fingerprint density at radius 1 is 1.04 bits per heavy atom. The highest BCUT2D eigenvalue weighted by molar-refractivity contribution is 5.78. The number of benzene rings is 2. The van der Waals surface area contributed by atoms with Crippen molar-refractivity contribution < 1.29 is 23.4 Å². The average molecular weight is 361 g/mol. The van der Waals surface area contributed by atoms with Gasteiger partial charge in [-0.25, -0.2) is 4.39 Å². The van der Waals surface area contributed by atoms with Crippen molar-refractivity contribution in [2.45, 2.75) is 19.9 Å². The lowest BCUT2D eigenvalue weighted by molar-refractivity contribution is -0.124. The number of ether oxygens (including phenoxy) is 3. The summed E-state index contributed by atoms with van der Waals surface area (Å²) in [6, 6.07) is 9.87. The van der Waals surface area contributed by atoms with E-state index in [1.165, 1.54) is 19.2 Å². The van der Waals surface area contributed by atoms with Gasteiger partial charge in [0, 0.05) is 12.5 Å². The second-order valence-electron chi connectivity index (χ2n) is 5.99. The van der Waals surface area contributed by atoms with Crippen molar-refractivity contribution >= 4 is 5.91 Å². The number of hydrogen-bond donors (Lipinski definition) is 1. The van der Waals surface area contributed by atoms with E-state index in [0.717, 1.165) is 11.1 Å². The third-order valence-electron chi connectivity index (χ3n) is 4.07. The summed E-state index contributed by atoms with van der Waals surface area (Å²) in [7, 11) is 4.62. The van der Waals surface area contributed by atoms with Crippen molar-refractivity contribution in [3.63, 3.8) is 0 Å². The summed E-state index contributed by atoms with van der Waals surface area (Å²) >= 11 is 0. The summed E-state index contributed by atoms with van der Waals surface area (Å²) in [5.41, 5.74) is 1.62. The zero-order valence-electron chi connectivity index (χ0n) is 15.5. The number of hydrogen-bond acceptors (Lipinski definition) is 4. The molecule has 0 aliphatic carbocycles. The molecular formula is C20H24FNO4. The molecule has 26 heavy (non-hydrogen) atoms. The first kappa shape index (κ1) is 19.6. The summed E-state index contributed by atoms with van der Waals surface area (Å²) in [6.45, 7) is 2.14. The molecule has 0 fully saturated rings. The van der Waals surface area contributed by atoms with Gasteiger partial charge >= 0.3 is 0 Å². The molecule has 1 atom stereocenters. The van der Waals surface area contributed by atoms with Crippen LogP contribution < -0.4 is 19.5 Å². The molecule has 0 spiro atoms. The van der Waals surface area contributed by atoms with E-state index in [0.29, 0.717) is 30.2 Å². The molecule has 2 aromatic rings. The standard InChI is InChI=1S/C20H24FNO4/c1-13(8-14-6-5-7-16(21)9-14)20(23)22-12-15-10-17(24-2)19(26-4)18(11-15)25-3/h5-7,9-11,13H,8,12H2,1-4H3,(H,22,23). The van der Waals surface area contributed by atoms with Gasteiger partial charge in [0.25, 0.3) is 0 Å². The first-order valence-corrected chi connectivity index (χ1v) is 8.29. The van der Waals surface area contributed by atoms with Crippen LogP contribution in [0.1, 0.15) is 18.1 Å². The van der Waals surface area contributed by atoms with Crippen molar-refractivity contribution in [1.82, 2.24) is 5.32 Å². The van der Waals surface area contributed by atoms with E-state index in [1.807, 2.05) is 13.0 Å². The number of methoxy groups -OCH3 is 3. The van der Waals surface area contributed by atoms with E-state index in [4.69, 9.17) is 14.2 Å². The largest absolute Gasteiger partial charge is 0.493 e. The van der Waals surface area contributed by atoms with Crippen LogP contribution in [-0.4, -0.2) is 27.2 Å². The molecule has 0 radical (unpaired) electrons. The molecule has 0 aliphatic rings. The van der Waals surface area contributed by atoms with Crippen LogP contribution in [0.25, 0.3) is 0 Å². The number of nitrogens with one attached hydrogen (secondary N) is 1. The molecule has 1 unspecified atom stereocenters. The Bertz CT molecular complexity index is 738. The Balaban J connectivity index is 2.02. The Hall–Kier alpha value is -2.76. The van der Waals surface area contributed by atoms with Crippen LogP contribution in [0.5, 0.6) is 17.2 Å². The second-order valence-corrected chi connectivity index (χ2v) is 5.99. The van der Waals surface area contributed by atoms with Crippen LogP contribution in [-0.2, 0) is 17.8 Å². The zero-order valence-corrected chi connectivity index (χ0v) is 15.5. The fourth-order valence-corrected chi connectivity index (χ4v) is 2.71. The van der Waals surface area contributed by atoms with Crippen LogP contribution in [0.3, 0.4) is 0 Å². The number of halogens is 1. The summed E-state index contributed by atoms with van der Waals surface area (Å²) < 4.78 is 29.2. The molecule has 2 aromatic carbocycles. The van der Waals surface area contributed by atoms with Gasteiger partial charge in [-0.1, -0.05) is 19.1 Å². The first-order valence-electron chi connectivity index (χ1n) is 8.29. The fraction of sp³-hybridized carbons (Fsp3) is 0.350. The quantitative estimate of drug-likeness (QED) is 0.783. The normalized spacial score (nSPS) is 11.6. The maximum Gasteiger partial charge on any atom is 0.223 e. The second kappa shape index (κ2) is 9.08. The van der Waals surface area contributed by atoms with E-state index in [-0.39, 0.29) is 17.6 Å². The van der Waals surface area contributed by atoms with Gasteiger partial charge in [0.15, 0.2) is 11.5 Å². The topological polar surface area (TPSA) is 56.8 Å². The molecule has 0 saturated carbocycles. The fourth-order valence-electron chi connectivity index (χ4n) is 2.71. The number of carbonyl (C=O) groups excluding carboxylic acids is 1. The molecule has 1 amide bonds. The van der Waals surface area contributed by atoms with Gasteiger partial charge in [0.1, 0.15) is 5.82 Å². The number of carbonyl (C=O) groups is 1. The summed E-state index contributed by atoms with van der Waals surface area (Å²) in [5, 5.41) is 2.89. The van der Waals surface area contributed by atoms with Gasteiger partial charge in [0.2, 0.25) is 11.7 Å². The van der Waals surface area contributed by atoms with Gasteiger partial charge < -0.3 is 19.5 Å². The molecule has 6 heteroatoms. The predicted octanol–water partition coefficient (Wildman–Crippen LogP) is 3.35. The van der Waals surface area contributed by atoms with E-state index in [9.17, 15) is 9.18 Å². The molecule has 0 aliphatic heterocycles. The van der Waals surface area contributed by atoms with Crippen LogP contribution >= 0.6 is 0 Å². The maximum absolute atomic E-state index is 13.3. The van der Waals surface area contributed by atoms with E-state index in [2.05, 4.69) is 5.32 Å². The third-order valence-corrected chi connectivity index (χ3v) is 4.07. The Labute approximate surface area is 153 Å². The highest BCUT2D eigenvalue weighted by atomic mass is 19.1. The average Bonchev–Trinajstić information content (AvgIpc) is 2.64. The lowest BCUT2D eigenvalue weighted by Crippen LogP contribution is -2.29. The van der Waals surface area contributed by atoms with Crippen molar-refractivity contribution in [2.24, 2.45) is 5.92 Å². The predicted molar refractivity (Wildman–Crippen MR) is 97.2 cm³/mol. The maximum atomic E-state index is 13.3. The lowest BCUT2D eigenvalue weighted by atomic mass is 10.00. The Kier molecular flexibility index (Phi) is 6.83. The highest BCUT2D eigenvalue weighted by Crippen LogP contribution is 2.38. The van der Waals surface area contributed by atoms with Crippen molar-refractivity contribution in [2.75, 3.05) is 21.3 Å². The Morgan fingerprint density at radius 3 is 2.23 bits per heavy atom. The lowest BCUT2D eigenvalue weighted by Gasteiger charge is -2.16. The molecule has 2 rings (SSSR count). The SMILES string of the molecule is COc1cc(CNC(=O)C(C)Cc2cccc(F)c2)cc(OC)c1OC. The van der Waals surface area contributed by atoms with Crippen molar-refractivity contribution in [1.29, 1.82) is 0 Å². The first-order chi connectivity index (χ1) is 12.5. The van der Waals surface area contributed by atoms with Gasteiger partial charge in [-0.3, -0.25) is 4.79 Å². The van der Waals surface area contributed by atoms with Gasteiger partial charge in [0.05, 0.1) is 21.3 Å². The van der Waals surface area contributed by atoms with Crippen LogP contribution in [0.2, 0.25) is 0 Å². The number of amides is 1. The smallest absolute Gasteiger partial charge is 0.223 e. The van der Waals surface area contributed by atoms with E-state index < -0.39 is 0 Å². The molecule has 0 bridgehead atoms. The third kappa shape index (κ3) is 4.88. The van der Waals surface area contributed by atoms with Crippen LogP contribution in [0, 0.1) is 11.7 Å². The molecular weight excluding hydrogens is 337 g/mol. The molecule has 0 heterocycles. The number of rotatable bonds is 8.